The van der Waals surface area contributed by atoms with Gasteiger partial charge in [0.15, 0.2) is 0 Å². The summed E-state index contributed by atoms with van der Waals surface area (Å²) in [4.78, 5) is 0. The molecule has 0 aromatic heterocycles. The van der Waals surface area contributed by atoms with Crippen molar-refractivity contribution in [2.75, 3.05) is 25.7 Å². The molecule has 0 bridgehead atoms. The van der Waals surface area contributed by atoms with Gasteiger partial charge in [-0.05, 0) is 32.6 Å². The molecule has 3 heteroatoms. The second-order valence-electron chi connectivity index (χ2n) is 3.71. The van der Waals surface area contributed by atoms with Crippen LogP contribution in [0.15, 0.2) is 0 Å². The summed E-state index contributed by atoms with van der Waals surface area (Å²) in [7, 11) is 0. The molecular formula is C11H23ClO2. The number of ether oxygens (including phenoxy) is 2. The average molecular weight is 223 g/mol. The van der Waals surface area contributed by atoms with E-state index in [9.17, 15) is 0 Å². The number of alkyl halides is 1. The Labute approximate surface area is 92.9 Å². The van der Waals surface area contributed by atoms with E-state index >= 15 is 0 Å². The Bertz CT molecular complexity index is 120. The molecule has 0 radical (unpaired) electrons. The lowest BCUT2D eigenvalue weighted by molar-refractivity contribution is -0.00726. The molecule has 2 unspecified atom stereocenters. The van der Waals surface area contributed by atoms with Gasteiger partial charge in [0.1, 0.15) is 0 Å². The molecule has 86 valence electrons. The highest BCUT2D eigenvalue weighted by molar-refractivity contribution is 6.17. The van der Waals surface area contributed by atoms with Crippen LogP contribution < -0.4 is 0 Å². The highest BCUT2D eigenvalue weighted by Crippen LogP contribution is 2.09. The number of rotatable bonds is 9. The van der Waals surface area contributed by atoms with E-state index in [1.54, 1.807) is 0 Å². The Morgan fingerprint density at radius 1 is 1.21 bits per heavy atom. The lowest BCUT2D eigenvalue weighted by Crippen LogP contribution is -2.17. The van der Waals surface area contributed by atoms with Gasteiger partial charge in [-0.1, -0.05) is 6.92 Å². The fourth-order valence-corrected chi connectivity index (χ4v) is 1.51. The summed E-state index contributed by atoms with van der Waals surface area (Å²) in [6, 6.07) is 0. The van der Waals surface area contributed by atoms with Crippen molar-refractivity contribution in [1.82, 2.24) is 0 Å². The van der Waals surface area contributed by atoms with E-state index in [0.717, 1.165) is 31.9 Å². The topological polar surface area (TPSA) is 18.5 Å². The molecule has 0 N–H and O–H groups in total. The van der Waals surface area contributed by atoms with Gasteiger partial charge in [0, 0.05) is 19.1 Å². The molecule has 0 rings (SSSR count). The first kappa shape index (κ1) is 14.2. The highest BCUT2D eigenvalue weighted by Gasteiger charge is 2.04. The van der Waals surface area contributed by atoms with Crippen molar-refractivity contribution in [2.24, 2.45) is 5.92 Å². The molecule has 0 spiro atoms. The molecule has 0 saturated carbocycles. The first-order chi connectivity index (χ1) is 6.70. The molecule has 0 amide bonds. The zero-order chi connectivity index (χ0) is 10.8. The minimum atomic E-state index is 0.207. The van der Waals surface area contributed by atoms with Crippen LogP contribution in [0, 0.1) is 5.92 Å². The summed E-state index contributed by atoms with van der Waals surface area (Å²) < 4.78 is 10.8. The van der Waals surface area contributed by atoms with E-state index in [1.165, 1.54) is 0 Å². The summed E-state index contributed by atoms with van der Waals surface area (Å²) in [5.74, 6) is 1.40. The minimum absolute atomic E-state index is 0.207. The van der Waals surface area contributed by atoms with Gasteiger partial charge in [0.25, 0.3) is 0 Å². The Morgan fingerprint density at radius 3 is 2.50 bits per heavy atom. The summed E-state index contributed by atoms with van der Waals surface area (Å²) in [6.07, 6.45) is 2.37. The van der Waals surface area contributed by atoms with Gasteiger partial charge in [-0.15, -0.1) is 11.6 Å². The van der Waals surface area contributed by atoms with Crippen molar-refractivity contribution in [2.45, 2.75) is 39.7 Å². The van der Waals surface area contributed by atoms with Crippen LogP contribution in [0.4, 0.5) is 0 Å². The maximum Gasteiger partial charge on any atom is 0.0780 e. The van der Waals surface area contributed by atoms with Crippen LogP contribution in [-0.2, 0) is 9.47 Å². The van der Waals surface area contributed by atoms with Crippen molar-refractivity contribution in [3.63, 3.8) is 0 Å². The van der Waals surface area contributed by atoms with Crippen molar-refractivity contribution >= 4 is 11.6 Å². The number of hydrogen-bond donors (Lipinski definition) is 0. The summed E-state index contributed by atoms with van der Waals surface area (Å²) in [6.45, 7) is 8.51. The third-order valence-electron chi connectivity index (χ3n) is 2.17. The molecular weight excluding hydrogens is 200 g/mol. The second-order valence-corrected chi connectivity index (χ2v) is 4.09. The lowest BCUT2D eigenvalue weighted by atomic mass is 10.1. The van der Waals surface area contributed by atoms with Crippen molar-refractivity contribution < 1.29 is 9.47 Å². The van der Waals surface area contributed by atoms with Gasteiger partial charge in [0.05, 0.1) is 12.7 Å². The molecule has 0 saturated heterocycles. The number of hydrogen-bond acceptors (Lipinski definition) is 2. The molecule has 0 aromatic carbocycles. The third-order valence-corrected chi connectivity index (χ3v) is 2.39. The van der Waals surface area contributed by atoms with Gasteiger partial charge in [0.2, 0.25) is 0 Å². The van der Waals surface area contributed by atoms with Gasteiger partial charge in [-0.2, -0.15) is 0 Å². The van der Waals surface area contributed by atoms with Gasteiger partial charge in [-0.25, -0.2) is 0 Å². The molecule has 0 aliphatic heterocycles. The monoisotopic (exact) mass is 222 g/mol. The first-order valence-electron chi connectivity index (χ1n) is 5.46. The fourth-order valence-electron chi connectivity index (χ4n) is 1.13. The predicted octanol–water partition coefficient (Wildman–Crippen LogP) is 3.08. The fraction of sp³-hybridized carbons (Fsp3) is 1.00. The van der Waals surface area contributed by atoms with E-state index in [2.05, 4.69) is 6.92 Å². The summed E-state index contributed by atoms with van der Waals surface area (Å²) in [5, 5.41) is 0. The highest BCUT2D eigenvalue weighted by atomic mass is 35.5. The van der Waals surface area contributed by atoms with E-state index in [-0.39, 0.29) is 6.10 Å². The zero-order valence-electron chi connectivity index (χ0n) is 9.59. The van der Waals surface area contributed by atoms with Crippen molar-refractivity contribution in [3.8, 4) is 0 Å². The van der Waals surface area contributed by atoms with Crippen molar-refractivity contribution in [1.29, 1.82) is 0 Å². The lowest BCUT2D eigenvalue weighted by Gasteiger charge is -2.14. The Kier molecular flexibility index (Phi) is 9.90. The largest absolute Gasteiger partial charge is 0.379 e. The van der Waals surface area contributed by atoms with Crippen LogP contribution in [0.2, 0.25) is 0 Å². The zero-order valence-corrected chi connectivity index (χ0v) is 10.3. The quantitative estimate of drug-likeness (QED) is 0.559. The SMILES string of the molecule is CCOCC(C)OCCC(C)CCCl. The molecule has 0 aromatic rings. The van der Waals surface area contributed by atoms with Crippen molar-refractivity contribution in [3.05, 3.63) is 0 Å². The van der Waals surface area contributed by atoms with Gasteiger partial charge >= 0.3 is 0 Å². The maximum atomic E-state index is 5.65. The summed E-state index contributed by atoms with van der Waals surface area (Å²) >= 11 is 5.65. The Balaban J connectivity index is 3.25. The first-order valence-corrected chi connectivity index (χ1v) is 5.99. The average Bonchev–Trinajstić information content (AvgIpc) is 2.15. The van der Waals surface area contributed by atoms with Crippen LogP contribution in [0.5, 0.6) is 0 Å². The molecule has 14 heavy (non-hydrogen) atoms. The van der Waals surface area contributed by atoms with Crippen LogP contribution in [0.3, 0.4) is 0 Å². The standard InChI is InChI=1S/C11H23ClO2/c1-4-13-9-11(3)14-8-6-10(2)5-7-12/h10-11H,4-9H2,1-3H3. The van der Waals surface area contributed by atoms with Crippen LogP contribution >= 0.6 is 11.6 Å². The number of halogens is 1. The van der Waals surface area contributed by atoms with E-state index in [4.69, 9.17) is 21.1 Å². The Morgan fingerprint density at radius 2 is 1.93 bits per heavy atom. The molecule has 0 fully saturated rings. The Hall–Kier alpha value is 0.210. The van der Waals surface area contributed by atoms with Crippen LogP contribution in [-0.4, -0.2) is 31.8 Å². The van der Waals surface area contributed by atoms with Crippen LogP contribution in [0.25, 0.3) is 0 Å². The summed E-state index contributed by atoms with van der Waals surface area (Å²) in [5.41, 5.74) is 0. The van der Waals surface area contributed by atoms with E-state index in [0.29, 0.717) is 12.5 Å². The molecule has 0 aliphatic rings. The molecule has 2 atom stereocenters. The van der Waals surface area contributed by atoms with E-state index < -0.39 is 0 Å². The second kappa shape index (κ2) is 9.75. The van der Waals surface area contributed by atoms with E-state index in [1.807, 2.05) is 13.8 Å². The van der Waals surface area contributed by atoms with Gasteiger partial charge in [-0.3, -0.25) is 0 Å². The molecule has 0 heterocycles. The van der Waals surface area contributed by atoms with Crippen LogP contribution in [0.1, 0.15) is 33.6 Å². The normalized spacial score (nSPS) is 15.4. The molecule has 2 nitrogen and oxygen atoms in total. The predicted molar refractivity (Wildman–Crippen MR) is 61.0 cm³/mol. The minimum Gasteiger partial charge on any atom is -0.379 e. The smallest absolute Gasteiger partial charge is 0.0780 e. The third kappa shape index (κ3) is 8.79. The maximum absolute atomic E-state index is 5.65. The van der Waals surface area contributed by atoms with Gasteiger partial charge < -0.3 is 9.47 Å². The molecule has 0 aliphatic carbocycles.